The maximum absolute atomic E-state index is 12.7. The number of unbranched alkanes of at least 4 members (excludes halogenated alkanes) is 38. The summed E-state index contributed by atoms with van der Waals surface area (Å²) in [4.78, 5) is 25.4. The average molecular weight is 1010 g/mol. The second kappa shape index (κ2) is 62.9. The Balaban J connectivity index is 4.26. The Labute approximate surface area is 449 Å². The van der Waals surface area contributed by atoms with Gasteiger partial charge >= 0.3 is 11.9 Å². The first-order valence-corrected chi connectivity index (χ1v) is 31.8. The first-order chi connectivity index (χ1) is 35.6. The molecule has 0 fully saturated rings. The predicted octanol–water partition coefficient (Wildman–Crippen LogP) is 22.0. The normalized spacial score (nSPS) is 12.5. The summed E-state index contributed by atoms with van der Waals surface area (Å²) in [5, 5.41) is 0. The largest absolute Gasteiger partial charge is 0.463 e. The minimum atomic E-state index is -0.413. The van der Waals surface area contributed by atoms with Crippen molar-refractivity contribution in [1.29, 1.82) is 0 Å². The number of carbonyl (C=O) groups is 2. The van der Waals surface area contributed by atoms with Crippen LogP contribution >= 0.6 is 0 Å². The molecule has 0 aliphatic rings. The maximum Gasteiger partial charge on any atom is 0.305 e. The molecular formula is C67H122O5. The van der Waals surface area contributed by atoms with Crippen molar-refractivity contribution in [2.45, 2.75) is 335 Å². The van der Waals surface area contributed by atoms with Crippen LogP contribution in [-0.2, 0) is 23.8 Å². The third-order valence-electron chi connectivity index (χ3n) is 14.1. The fourth-order valence-corrected chi connectivity index (χ4v) is 9.34. The molecule has 0 rings (SSSR count). The van der Waals surface area contributed by atoms with E-state index in [1.165, 1.54) is 212 Å². The van der Waals surface area contributed by atoms with Crippen LogP contribution < -0.4 is 0 Å². The summed E-state index contributed by atoms with van der Waals surface area (Å²) in [7, 11) is 0. The number of hydrogen-bond acceptors (Lipinski definition) is 5. The zero-order chi connectivity index (χ0) is 52.0. The van der Waals surface area contributed by atoms with Gasteiger partial charge in [-0.25, -0.2) is 0 Å². The van der Waals surface area contributed by atoms with Crippen molar-refractivity contribution in [2.24, 2.45) is 0 Å². The van der Waals surface area contributed by atoms with Crippen LogP contribution in [0, 0.1) is 0 Å². The molecule has 420 valence electrons. The number of rotatable bonds is 59. The Morgan fingerprint density at radius 3 is 0.889 bits per heavy atom. The standard InChI is InChI=1S/C67H122O5/c1-4-7-10-13-16-19-22-25-28-31-33-34-36-38-40-43-46-49-52-55-58-61-67(69)72-64-65(70-62-59-56-53-50-47-44-41-30-27-24-21-18-15-12-9-6-3)63-71-66(68)60-57-54-51-48-45-42-39-37-35-32-29-26-23-20-17-14-11-8-5-2/h8,11,17,20,26,29,35,37,42,45,65H,4-7,9-10,12-16,18-19,21-25,27-28,30-34,36,38-41,43-44,46-64H2,1-3H3/b11-8-,20-17-,29-26-,37-35-,45-42-/t65-/m1/s1. The van der Waals surface area contributed by atoms with E-state index in [0.717, 1.165) is 83.5 Å². The fourth-order valence-electron chi connectivity index (χ4n) is 9.34. The molecule has 0 unspecified atom stereocenters. The fraction of sp³-hybridized carbons (Fsp3) is 0.821. The van der Waals surface area contributed by atoms with E-state index >= 15 is 0 Å². The highest BCUT2D eigenvalue weighted by atomic mass is 16.6. The number of allylic oxidation sites excluding steroid dienone is 10. The first kappa shape index (κ1) is 69.6. The highest BCUT2D eigenvalue weighted by Crippen LogP contribution is 2.17. The van der Waals surface area contributed by atoms with Crippen LogP contribution in [0.2, 0.25) is 0 Å². The van der Waals surface area contributed by atoms with E-state index in [-0.39, 0.29) is 25.2 Å². The molecule has 0 bridgehead atoms. The van der Waals surface area contributed by atoms with Gasteiger partial charge in [0, 0.05) is 19.4 Å². The molecule has 0 heterocycles. The summed E-state index contributed by atoms with van der Waals surface area (Å²) in [5.41, 5.74) is 0. The van der Waals surface area contributed by atoms with Gasteiger partial charge in [0.15, 0.2) is 0 Å². The summed E-state index contributed by atoms with van der Waals surface area (Å²) in [6, 6.07) is 0. The van der Waals surface area contributed by atoms with Crippen molar-refractivity contribution in [3.8, 4) is 0 Å². The van der Waals surface area contributed by atoms with Crippen molar-refractivity contribution >= 4 is 11.9 Å². The van der Waals surface area contributed by atoms with Crippen molar-refractivity contribution in [2.75, 3.05) is 19.8 Å². The van der Waals surface area contributed by atoms with Crippen LogP contribution in [-0.4, -0.2) is 37.9 Å². The molecule has 0 aliphatic carbocycles. The zero-order valence-corrected chi connectivity index (χ0v) is 48.5. The Bertz CT molecular complexity index is 1230. The van der Waals surface area contributed by atoms with Gasteiger partial charge in [-0.3, -0.25) is 9.59 Å². The van der Waals surface area contributed by atoms with Gasteiger partial charge in [0.05, 0.1) is 0 Å². The van der Waals surface area contributed by atoms with E-state index in [1.807, 2.05) is 0 Å². The van der Waals surface area contributed by atoms with Crippen molar-refractivity contribution in [3.05, 3.63) is 60.8 Å². The van der Waals surface area contributed by atoms with Crippen molar-refractivity contribution in [3.63, 3.8) is 0 Å². The lowest BCUT2D eigenvalue weighted by Crippen LogP contribution is -2.29. The van der Waals surface area contributed by atoms with Crippen molar-refractivity contribution < 1.29 is 23.8 Å². The lowest BCUT2D eigenvalue weighted by Gasteiger charge is -2.18. The van der Waals surface area contributed by atoms with Crippen molar-refractivity contribution in [1.82, 2.24) is 0 Å². The molecule has 0 saturated heterocycles. The third kappa shape index (κ3) is 60.2. The molecule has 72 heavy (non-hydrogen) atoms. The van der Waals surface area contributed by atoms with Gasteiger partial charge in [-0.15, -0.1) is 0 Å². The van der Waals surface area contributed by atoms with Gasteiger partial charge in [0.25, 0.3) is 0 Å². The van der Waals surface area contributed by atoms with Gasteiger partial charge in [-0.05, 0) is 64.2 Å². The smallest absolute Gasteiger partial charge is 0.305 e. The third-order valence-corrected chi connectivity index (χ3v) is 14.1. The van der Waals surface area contributed by atoms with Crippen LogP contribution in [0.3, 0.4) is 0 Å². The summed E-state index contributed by atoms with van der Waals surface area (Å²) < 4.78 is 17.6. The SMILES string of the molecule is CC/C=C\C/C=C\C/C=C\C/C=C\C/C=C\CCCCCC(=O)OC[C@H](COC(=O)CCCCCCCCCCCCCCCCCCCCCCC)OCCCCCCCCCCCCCCCCCC. The minimum Gasteiger partial charge on any atom is -0.463 e. The molecule has 5 heteroatoms. The first-order valence-electron chi connectivity index (χ1n) is 31.8. The molecule has 5 nitrogen and oxygen atoms in total. The van der Waals surface area contributed by atoms with Gasteiger partial charge in [0.2, 0.25) is 0 Å². The van der Waals surface area contributed by atoms with Gasteiger partial charge in [-0.2, -0.15) is 0 Å². The molecule has 0 spiro atoms. The molecule has 0 aromatic rings. The van der Waals surface area contributed by atoms with E-state index in [9.17, 15) is 9.59 Å². The van der Waals surface area contributed by atoms with E-state index in [2.05, 4.69) is 81.5 Å². The van der Waals surface area contributed by atoms with Crippen LogP contribution in [0.5, 0.6) is 0 Å². The summed E-state index contributed by atoms with van der Waals surface area (Å²) >= 11 is 0. The molecule has 0 aromatic heterocycles. The Kier molecular flexibility index (Phi) is 60.8. The Morgan fingerprint density at radius 2 is 0.569 bits per heavy atom. The summed E-state index contributed by atoms with van der Waals surface area (Å²) in [6.07, 6.45) is 81.4. The number of esters is 2. The van der Waals surface area contributed by atoms with Gasteiger partial charge in [0.1, 0.15) is 19.3 Å². The topological polar surface area (TPSA) is 61.8 Å². The van der Waals surface area contributed by atoms with E-state index < -0.39 is 6.10 Å². The Morgan fingerprint density at radius 1 is 0.306 bits per heavy atom. The molecule has 0 saturated carbocycles. The van der Waals surface area contributed by atoms with Crippen LogP contribution in [0.15, 0.2) is 60.8 Å². The second-order valence-corrected chi connectivity index (χ2v) is 21.3. The summed E-state index contributed by atoms with van der Waals surface area (Å²) in [5.74, 6) is -0.352. The lowest BCUT2D eigenvalue weighted by atomic mass is 10.0. The van der Waals surface area contributed by atoms with Gasteiger partial charge in [-0.1, -0.05) is 313 Å². The molecule has 0 radical (unpaired) electrons. The predicted molar refractivity (Wildman–Crippen MR) is 316 cm³/mol. The lowest BCUT2D eigenvalue weighted by molar-refractivity contribution is -0.155. The van der Waals surface area contributed by atoms with E-state index in [1.54, 1.807) is 0 Å². The quantitative estimate of drug-likeness (QED) is 0.0345. The highest BCUT2D eigenvalue weighted by Gasteiger charge is 2.16. The number of carbonyl (C=O) groups excluding carboxylic acids is 2. The molecule has 0 aliphatic heterocycles. The van der Waals surface area contributed by atoms with E-state index in [0.29, 0.717) is 19.4 Å². The Hall–Kier alpha value is -2.40. The minimum absolute atomic E-state index is 0.143. The van der Waals surface area contributed by atoms with Crippen LogP contribution in [0.1, 0.15) is 329 Å². The molecular weight excluding hydrogens is 885 g/mol. The average Bonchev–Trinajstić information content (AvgIpc) is 3.38. The monoisotopic (exact) mass is 1010 g/mol. The molecule has 0 N–H and O–H groups in total. The molecule has 1 atom stereocenters. The molecule has 0 amide bonds. The zero-order valence-electron chi connectivity index (χ0n) is 48.5. The van der Waals surface area contributed by atoms with Crippen LogP contribution in [0.25, 0.3) is 0 Å². The van der Waals surface area contributed by atoms with E-state index in [4.69, 9.17) is 14.2 Å². The molecule has 0 aromatic carbocycles. The second-order valence-electron chi connectivity index (χ2n) is 21.3. The number of hydrogen-bond donors (Lipinski definition) is 0. The maximum atomic E-state index is 12.7. The van der Waals surface area contributed by atoms with Crippen LogP contribution in [0.4, 0.5) is 0 Å². The summed E-state index contributed by atoms with van der Waals surface area (Å²) in [6.45, 7) is 7.65. The number of ether oxygens (including phenoxy) is 3. The van der Waals surface area contributed by atoms with Gasteiger partial charge < -0.3 is 14.2 Å². The highest BCUT2D eigenvalue weighted by molar-refractivity contribution is 5.69.